The summed E-state index contributed by atoms with van der Waals surface area (Å²) >= 11 is 0. The number of pyridine rings is 3. The lowest BCUT2D eigenvalue weighted by molar-refractivity contribution is 0.0694. The smallest absolute Gasteiger partial charge is 0.341 e. The van der Waals surface area contributed by atoms with E-state index >= 15 is 0 Å². The number of rotatable bonds is 4. The Hall–Kier alpha value is -3.50. The summed E-state index contributed by atoms with van der Waals surface area (Å²) in [4.78, 5) is 30.8. The van der Waals surface area contributed by atoms with Crippen LogP contribution in [0.4, 0.5) is 0 Å². The number of carbonyl (C=O) groups is 1. The standard InChI is InChI=1S/C23H22N4O3/c1-16-5-4-10-27-20(16)17(13-18(21(27)28)22(29)30)14-26-11-7-23(15-24,8-12-26)19-6-2-3-9-25-19/h2-6,9-10,13H,7-8,11-12,14H2,1H3,(H,29,30). The fraction of sp³-hybridized carbons (Fsp3) is 0.304. The Kier molecular flexibility index (Phi) is 5.10. The molecule has 4 heterocycles. The molecule has 3 aromatic heterocycles. The van der Waals surface area contributed by atoms with Crippen LogP contribution < -0.4 is 5.56 Å². The molecule has 1 aliphatic rings. The predicted molar refractivity (Wildman–Crippen MR) is 111 cm³/mol. The fourth-order valence-electron chi connectivity index (χ4n) is 4.31. The lowest BCUT2D eigenvalue weighted by Crippen LogP contribution is -2.42. The fourth-order valence-corrected chi connectivity index (χ4v) is 4.31. The molecule has 1 aliphatic heterocycles. The van der Waals surface area contributed by atoms with Crippen LogP contribution in [0.5, 0.6) is 0 Å². The van der Waals surface area contributed by atoms with Crippen molar-refractivity contribution < 1.29 is 9.90 Å². The van der Waals surface area contributed by atoms with Gasteiger partial charge in [0.15, 0.2) is 0 Å². The van der Waals surface area contributed by atoms with Gasteiger partial charge in [0.25, 0.3) is 5.56 Å². The van der Waals surface area contributed by atoms with Crippen LogP contribution in [0.3, 0.4) is 0 Å². The molecule has 0 amide bonds. The van der Waals surface area contributed by atoms with Crippen LogP contribution in [0.15, 0.2) is 53.6 Å². The number of aromatic carboxylic acids is 1. The quantitative estimate of drug-likeness (QED) is 0.720. The first-order chi connectivity index (χ1) is 14.4. The summed E-state index contributed by atoms with van der Waals surface area (Å²) in [6.07, 6.45) is 4.62. The second-order valence-electron chi connectivity index (χ2n) is 7.79. The van der Waals surface area contributed by atoms with E-state index in [0.29, 0.717) is 32.5 Å². The zero-order valence-electron chi connectivity index (χ0n) is 16.7. The normalized spacial score (nSPS) is 16.3. The molecule has 7 nitrogen and oxygen atoms in total. The second kappa shape index (κ2) is 7.73. The zero-order valence-corrected chi connectivity index (χ0v) is 16.7. The highest BCUT2D eigenvalue weighted by atomic mass is 16.4. The van der Waals surface area contributed by atoms with Gasteiger partial charge < -0.3 is 5.11 Å². The molecule has 0 bridgehead atoms. The third-order valence-electron chi connectivity index (χ3n) is 5.97. The third-order valence-corrected chi connectivity index (χ3v) is 5.97. The largest absolute Gasteiger partial charge is 0.477 e. The molecule has 1 fully saturated rings. The molecule has 0 atom stereocenters. The maximum absolute atomic E-state index is 12.6. The summed E-state index contributed by atoms with van der Waals surface area (Å²) in [5.74, 6) is -1.23. The Labute approximate surface area is 173 Å². The van der Waals surface area contributed by atoms with E-state index < -0.39 is 16.9 Å². The Morgan fingerprint density at radius 2 is 2.03 bits per heavy atom. The van der Waals surface area contributed by atoms with E-state index in [2.05, 4.69) is 16.0 Å². The van der Waals surface area contributed by atoms with Crippen LogP contribution in [0.2, 0.25) is 0 Å². The first-order valence-electron chi connectivity index (χ1n) is 9.87. The van der Waals surface area contributed by atoms with Gasteiger partial charge in [-0.25, -0.2) is 4.79 Å². The molecule has 152 valence electrons. The summed E-state index contributed by atoms with van der Waals surface area (Å²) < 4.78 is 1.42. The number of fused-ring (bicyclic) bond motifs is 1. The van der Waals surface area contributed by atoms with Crippen molar-refractivity contribution in [2.75, 3.05) is 13.1 Å². The van der Waals surface area contributed by atoms with Gasteiger partial charge in [-0.2, -0.15) is 5.26 Å². The lowest BCUT2D eigenvalue weighted by Gasteiger charge is -2.37. The number of nitriles is 1. The summed E-state index contributed by atoms with van der Waals surface area (Å²) in [6.45, 7) is 3.79. The van der Waals surface area contributed by atoms with Crippen LogP contribution in [-0.2, 0) is 12.0 Å². The van der Waals surface area contributed by atoms with Gasteiger partial charge in [-0.15, -0.1) is 0 Å². The van der Waals surface area contributed by atoms with Crippen LogP contribution >= 0.6 is 0 Å². The Balaban J connectivity index is 1.65. The molecule has 0 aromatic carbocycles. The SMILES string of the molecule is Cc1cccn2c(=O)c(C(=O)O)cc(CN3CCC(C#N)(c4ccccn4)CC3)c12. The monoisotopic (exact) mass is 402 g/mol. The van der Waals surface area contributed by atoms with E-state index in [1.165, 1.54) is 10.5 Å². The molecule has 1 saturated heterocycles. The Bertz CT molecular complexity index is 1200. The second-order valence-corrected chi connectivity index (χ2v) is 7.79. The van der Waals surface area contributed by atoms with Crippen molar-refractivity contribution >= 4 is 11.5 Å². The molecule has 30 heavy (non-hydrogen) atoms. The number of carboxylic acid groups (broad SMARTS) is 1. The predicted octanol–water partition coefficient (Wildman–Crippen LogP) is 2.76. The van der Waals surface area contributed by atoms with Gasteiger partial charge in [-0.1, -0.05) is 12.1 Å². The molecule has 0 radical (unpaired) electrons. The topological polar surface area (TPSA) is 98.7 Å². The summed E-state index contributed by atoms with van der Waals surface area (Å²) in [7, 11) is 0. The molecule has 0 spiro atoms. The van der Waals surface area contributed by atoms with E-state index in [0.717, 1.165) is 22.3 Å². The number of hydrogen-bond donors (Lipinski definition) is 1. The van der Waals surface area contributed by atoms with Crippen LogP contribution in [0.25, 0.3) is 5.52 Å². The molecular weight excluding hydrogens is 380 g/mol. The van der Waals surface area contributed by atoms with Crippen LogP contribution in [0.1, 0.15) is 40.0 Å². The number of likely N-dealkylation sites (tertiary alicyclic amines) is 1. The first-order valence-corrected chi connectivity index (χ1v) is 9.87. The van der Waals surface area contributed by atoms with E-state index in [4.69, 9.17) is 0 Å². The van der Waals surface area contributed by atoms with E-state index in [1.54, 1.807) is 18.5 Å². The first kappa shape index (κ1) is 19.8. The van der Waals surface area contributed by atoms with Gasteiger partial charge in [0.2, 0.25) is 0 Å². The molecular formula is C23H22N4O3. The number of carboxylic acids is 1. The maximum atomic E-state index is 12.6. The van der Waals surface area contributed by atoms with Gasteiger partial charge in [0, 0.05) is 32.0 Å². The van der Waals surface area contributed by atoms with Crippen molar-refractivity contribution in [3.63, 3.8) is 0 Å². The summed E-state index contributed by atoms with van der Waals surface area (Å²) in [6, 6.07) is 13.3. The minimum atomic E-state index is -1.23. The van der Waals surface area contributed by atoms with E-state index in [1.807, 2.05) is 31.2 Å². The number of hydrogen-bond acceptors (Lipinski definition) is 5. The highest BCUT2D eigenvalue weighted by Gasteiger charge is 2.37. The average molecular weight is 402 g/mol. The maximum Gasteiger partial charge on any atom is 0.341 e. The van der Waals surface area contributed by atoms with Crippen molar-refractivity contribution in [2.45, 2.75) is 31.7 Å². The highest BCUT2D eigenvalue weighted by molar-refractivity contribution is 5.88. The summed E-state index contributed by atoms with van der Waals surface area (Å²) in [5.41, 5.74) is 1.90. The van der Waals surface area contributed by atoms with Gasteiger partial charge >= 0.3 is 5.97 Å². The molecule has 0 unspecified atom stereocenters. The minimum absolute atomic E-state index is 0.232. The van der Waals surface area contributed by atoms with Crippen molar-refractivity contribution in [1.82, 2.24) is 14.3 Å². The molecule has 4 rings (SSSR count). The average Bonchev–Trinajstić information content (AvgIpc) is 2.77. The van der Waals surface area contributed by atoms with Crippen LogP contribution in [0, 0.1) is 18.3 Å². The van der Waals surface area contributed by atoms with E-state index in [-0.39, 0.29) is 5.56 Å². The lowest BCUT2D eigenvalue weighted by atomic mass is 9.76. The highest BCUT2D eigenvalue weighted by Crippen LogP contribution is 2.34. The van der Waals surface area contributed by atoms with Crippen molar-refractivity contribution in [3.05, 3.63) is 81.5 Å². The number of piperidine rings is 1. The van der Waals surface area contributed by atoms with Crippen molar-refractivity contribution in [2.24, 2.45) is 0 Å². The van der Waals surface area contributed by atoms with Crippen molar-refractivity contribution in [3.8, 4) is 6.07 Å². The molecule has 1 N–H and O–H groups in total. The number of aromatic nitrogens is 2. The minimum Gasteiger partial charge on any atom is -0.477 e. The number of aryl methyl sites for hydroxylation is 1. The van der Waals surface area contributed by atoms with Gasteiger partial charge in [0.1, 0.15) is 11.0 Å². The van der Waals surface area contributed by atoms with Crippen LogP contribution in [-0.4, -0.2) is 38.4 Å². The molecule has 3 aromatic rings. The van der Waals surface area contributed by atoms with Gasteiger partial charge in [-0.3, -0.25) is 19.1 Å². The molecule has 0 aliphatic carbocycles. The zero-order chi connectivity index (χ0) is 21.3. The third kappa shape index (κ3) is 3.36. The Morgan fingerprint density at radius 1 is 1.27 bits per heavy atom. The molecule has 7 heteroatoms. The van der Waals surface area contributed by atoms with Gasteiger partial charge in [0.05, 0.1) is 17.3 Å². The molecule has 0 saturated carbocycles. The summed E-state index contributed by atoms with van der Waals surface area (Å²) in [5, 5.41) is 19.3. The van der Waals surface area contributed by atoms with Gasteiger partial charge in [-0.05, 0) is 55.2 Å². The Morgan fingerprint density at radius 3 is 2.67 bits per heavy atom. The van der Waals surface area contributed by atoms with Crippen molar-refractivity contribution in [1.29, 1.82) is 5.26 Å². The number of nitrogens with zero attached hydrogens (tertiary/aromatic N) is 4. The van der Waals surface area contributed by atoms with E-state index in [9.17, 15) is 20.0 Å².